The maximum absolute atomic E-state index is 13.0. The first-order valence-corrected chi connectivity index (χ1v) is 5.64. The molecule has 108 valence electrons. The molecule has 5 nitrogen and oxygen atoms in total. The maximum Gasteiger partial charge on any atom is 0.416 e. The van der Waals surface area contributed by atoms with Gasteiger partial charge in [-0.3, -0.25) is 9.78 Å². The van der Waals surface area contributed by atoms with E-state index in [1.807, 2.05) is 4.98 Å². The second-order valence-electron chi connectivity index (χ2n) is 4.27. The molecule has 0 bridgehead atoms. The second kappa shape index (κ2) is 4.78. The molecule has 0 aliphatic carbocycles. The summed E-state index contributed by atoms with van der Waals surface area (Å²) in [6.07, 6.45) is -5.46. The Morgan fingerprint density at radius 3 is 2.40 bits per heavy atom. The Hall–Kier alpha value is -2.09. The van der Waals surface area contributed by atoms with E-state index < -0.39 is 29.1 Å². The topological polar surface area (TPSA) is 75.0 Å². The predicted molar refractivity (Wildman–Crippen MR) is 65.6 cm³/mol. The molecule has 1 aromatic carbocycles. The third kappa shape index (κ3) is 2.46. The van der Waals surface area contributed by atoms with Crippen molar-refractivity contribution in [2.45, 2.75) is 19.2 Å². The van der Waals surface area contributed by atoms with Crippen LogP contribution >= 0.6 is 0 Å². The zero-order valence-corrected chi connectivity index (χ0v) is 10.6. The van der Waals surface area contributed by atoms with E-state index >= 15 is 0 Å². The summed E-state index contributed by atoms with van der Waals surface area (Å²) < 4.78 is 44.0. The van der Waals surface area contributed by atoms with E-state index in [9.17, 15) is 22.8 Å². The van der Waals surface area contributed by atoms with Crippen LogP contribution in [0.4, 0.5) is 13.2 Å². The number of rotatable bonds is 2. The Morgan fingerprint density at radius 1 is 1.20 bits per heavy atom. The molecule has 1 unspecified atom stereocenters. The van der Waals surface area contributed by atoms with Crippen molar-refractivity contribution in [2.75, 3.05) is 7.11 Å². The first-order valence-electron chi connectivity index (χ1n) is 5.64. The molecule has 1 atom stereocenters. The molecule has 0 amide bonds. The minimum Gasteiger partial charge on any atom is -0.377 e. The summed E-state index contributed by atoms with van der Waals surface area (Å²) in [7, 11) is 1.27. The van der Waals surface area contributed by atoms with Gasteiger partial charge >= 0.3 is 11.9 Å². The van der Waals surface area contributed by atoms with Crippen molar-refractivity contribution in [1.82, 2.24) is 9.97 Å². The number of aromatic nitrogens is 2. The standard InChI is InChI=1S/C12H11F3N2O3/c1-5(20-2)6-3-7-9(4-8(6)12(13,14)15)16-11(19)17-10(7)18/h3-5H,1-2H3,(H2,16,17,18,19). The Bertz CT molecular complexity index is 761. The first-order chi connectivity index (χ1) is 9.24. The molecule has 2 N–H and O–H groups in total. The van der Waals surface area contributed by atoms with Crippen LogP contribution in [0.2, 0.25) is 0 Å². The summed E-state index contributed by atoms with van der Waals surface area (Å²) in [6, 6.07) is 1.83. The second-order valence-corrected chi connectivity index (χ2v) is 4.27. The lowest BCUT2D eigenvalue weighted by Crippen LogP contribution is -2.23. The van der Waals surface area contributed by atoms with Crippen molar-refractivity contribution in [3.63, 3.8) is 0 Å². The van der Waals surface area contributed by atoms with Gasteiger partial charge in [0, 0.05) is 7.11 Å². The molecule has 20 heavy (non-hydrogen) atoms. The van der Waals surface area contributed by atoms with E-state index in [2.05, 4.69) is 4.98 Å². The quantitative estimate of drug-likeness (QED) is 0.886. The summed E-state index contributed by atoms with van der Waals surface area (Å²) >= 11 is 0. The Morgan fingerprint density at radius 2 is 1.85 bits per heavy atom. The van der Waals surface area contributed by atoms with E-state index in [1.54, 1.807) is 0 Å². The molecule has 0 aliphatic rings. The highest BCUT2D eigenvalue weighted by Gasteiger charge is 2.35. The average Bonchev–Trinajstić information content (AvgIpc) is 2.35. The molecule has 2 aromatic rings. The van der Waals surface area contributed by atoms with Gasteiger partial charge in [0.25, 0.3) is 5.56 Å². The number of H-pyrrole nitrogens is 2. The van der Waals surface area contributed by atoms with E-state index in [0.717, 1.165) is 12.1 Å². The van der Waals surface area contributed by atoms with Crippen molar-refractivity contribution in [3.05, 3.63) is 44.1 Å². The van der Waals surface area contributed by atoms with Crippen LogP contribution in [0.15, 0.2) is 21.7 Å². The van der Waals surface area contributed by atoms with E-state index in [0.29, 0.717) is 0 Å². The molecule has 0 saturated carbocycles. The summed E-state index contributed by atoms with van der Waals surface area (Å²) in [5, 5.41) is -0.0310. The number of hydrogen-bond donors (Lipinski definition) is 2. The third-order valence-corrected chi connectivity index (χ3v) is 3.01. The van der Waals surface area contributed by atoms with Gasteiger partial charge < -0.3 is 9.72 Å². The number of alkyl halides is 3. The largest absolute Gasteiger partial charge is 0.416 e. The molecule has 0 aliphatic heterocycles. The van der Waals surface area contributed by atoms with Crippen molar-refractivity contribution in [1.29, 1.82) is 0 Å². The molecule has 1 heterocycles. The van der Waals surface area contributed by atoms with Crippen LogP contribution < -0.4 is 11.2 Å². The van der Waals surface area contributed by atoms with Gasteiger partial charge in [0.15, 0.2) is 0 Å². The summed E-state index contributed by atoms with van der Waals surface area (Å²) in [6.45, 7) is 1.44. The lowest BCUT2D eigenvalue weighted by molar-refractivity contribution is -0.139. The molecule has 8 heteroatoms. The van der Waals surface area contributed by atoms with Crippen LogP contribution in [-0.4, -0.2) is 17.1 Å². The Balaban J connectivity index is 2.89. The molecule has 0 radical (unpaired) electrons. The van der Waals surface area contributed by atoms with Crippen LogP contribution in [0.5, 0.6) is 0 Å². The molecular formula is C12H11F3N2O3. The fourth-order valence-corrected chi connectivity index (χ4v) is 1.94. The van der Waals surface area contributed by atoms with Crippen molar-refractivity contribution in [3.8, 4) is 0 Å². The fraction of sp³-hybridized carbons (Fsp3) is 0.333. The molecule has 2 rings (SSSR count). The normalized spacial score (nSPS) is 13.7. The van der Waals surface area contributed by atoms with Gasteiger partial charge in [0.2, 0.25) is 0 Å². The summed E-state index contributed by atoms with van der Waals surface area (Å²) in [4.78, 5) is 26.9. The molecule has 0 saturated heterocycles. The van der Waals surface area contributed by atoms with Crippen molar-refractivity contribution < 1.29 is 17.9 Å². The Kier molecular flexibility index (Phi) is 3.43. The van der Waals surface area contributed by atoms with Crippen LogP contribution in [0.25, 0.3) is 10.9 Å². The average molecular weight is 288 g/mol. The number of benzene rings is 1. The maximum atomic E-state index is 13.0. The smallest absolute Gasteiger partial charge is 0.377 e. The van der Waals surface area contributed by atoms with Crippen LogP contribution in [0.3, 0.4) is 0 Å². The molecule has 0 spiro atoms. The van der Waals surface area contributed by atoms with Gasteiger partial charge in [-0.2, -0.15) is 13.2 Å². The summed E-state index contributed by atoms with van der Waals surface area (Å²) in [5.74, 6) is 0. The number of nitrogens with one attached hydrogen (secondary N) is 2. The Labute approximate surface area is 110 Å². The lowest BCUT2D eigenvalue weighted by atomic mass is 10.00. The number of hydrogen-bond acceptors (Lipinski definition) is 3. The highest BCUT2D eigenvalue weighted by atomic mass is 19.4. The minimum absolute atomic E-state index is 0.0310. The van der Waals surface area contributed by atoms with Gasteiger partial charge in [0.05, 0.1) is 22.6 Å². The predicted octanol–water partition coefficient (Wildman–Crippen LogP) is 1.94. The number of fused-ring (bicyclic) bond motifs is 1. The highest BCUT2D eigenvalue weighted by molar-refractivity contribution is 5.79. The van der Waals surface area contributed by atoms with Crippen molar-refractivity contribution >= 4 is 10.9 Å². The number of halogens is 3. The SMILES string of the molecule is COC(C)c1cc2c(=O)[nH]c(=O)[nH]c2cc1C(F)(F)F. The molecular weight excluding hydrogens is 277 g/mol. The van der Waals surface area contributed by atoms with Crippen LogP contribution in [-0.2, 0) is 10.9 Å². The third-order valence-electron chi connectivity index (χ3n) is 3.01. The van der Waals surface area contributed by atoms with Gasteiger partial charge in [-0.1, -0.05) is 0 Å². The lowest BCUT2D eigenvalue weighted by Gasteiger charge is -2.18. The van der Waals surface area contributed by atoms with Crippen molar-refractivity contribution in [2.24, 2.45) is 0 Å². The summed E-state index contributed by atoms with van der Waals surface area (Å²) in [5.41, 5.74) is -2.88. The minimum atomic E-state index is -4.62. The van der Waals surface area contributed by atoms with Gasteiger partial charge in [-0.15, -0.1) is 0 Å². The van der Waals surface area contributed by atoms with E-state index in [4.69, 9.17) is 4.74 Å². The fourth-order valence-electron chi connectivity index (χ4n) is 1.94. The van der Waals surface area contributed by atoms with Gasteiger partial charge in [0.1, 0.15) is 0 Å². The van der Waals surface area contributed by atoms with Crippen LogP contribution in [0, 0.1) is 0 Å². The number of methoxy groups -OCH3 is 1. The monoisotopic (exact) mass is 288 g/mol. The van der Waals surface area contributed by atoms with E-state index in [-0.39, 0.29) is 16.5 Å². The molecule has 0 fully saturated rings. The van der Waals surface area contributed by atoms with Gasteiger partial charge in [-0.25, -0.2) is 4.79 Å². The number of ether oxygens (including phenoxy) is 1. The first kappa shape index (κ1) is 14.3. The van der Waals surface area contributed by atoms with Crippen LogP contribution in [0.1, 0.15) is 24.2 Å². The number of aromatic amines is 2. The van der Waals surface area contributed by atoms with E-state index in [1.165, 1.54) is 14.0 Å². The zero-order chi connectivity index (χ0) is 15.1. The zero-order valence-electron chi connectivity index (χ0n) is 10.6. The highest BCUT2D eigenvalue weighted by Crippen LogP contribution is 2.36. The molecule has 1 aromatic heterocycles. The van der Waals surface area contributed by atoms with Gasteiger partial charge in [-0.05, 0) is 24.6 Å².